The first kappa shape index (κ1) is 20.9. The van der Waals surface area contributed by atoms with Gasteiger partial charge < -0.3 is 9.47 Å². The molecule has 4 heteroatoms. The number of hydrogen-bond donors (Lipinski definition) is 0. The number of unbranched alkanes of at least 4 members (excludes halogenated alkanes) is 3. The van der Waals surface area contributed by atoms with Crippen LogP contribution in [0.4, 0.5) is 0 Å². The van der Waals surface area contributed by atoms with Crippen molar-refractivity contribution < 1.29 is 19.1 Å². The number of hydrogen-bond acceptors (Lipinski definition) is 4. The van der Waals surface area contributed by atoms with Crippen molar-refractivity contribution in [1.29, 1.82) is 0 Å². The second kappa shape index (κ2) is 13.6. The number of carbonyl (C=O) groups excluding carboxylic acids is 2. The molecule has 0 rings (SSSR count). The van der Waals surface area contributed by atoms with Crippen LogP contribution < -0.4 is 0 Å². The van der Waals surface area contributed by atoms with Crippen molar-refractivity contribution in [2.75, 3.05) is 6.61 Å². The van der Waals surface area contributed by atoms with Crippen LogP contribution in [0.2, 0.25) is 0 Å². The lowest BCUT2D eigenvalue weighted by atomic mass is 10.1. The minimum absolute atomic E-state index is 0.0413. The Morgan fingerprint density at radius 1 is 0.864 bits per heavy atom. The monoisotopic (exact) mass is 314 g/mol. The van der Waals surface area contributed by atoms with Crippen molar-refractivity contribution in [3.05, 3.63) is 0 Å². The Morgan fingerprint density at radius 2 is 1.55 bits per heavy atom. The summed E-state index contributed by atoms with van der Waals surface area (Å²) in [5, 5.41) is 0. The van der Waals surface area contributed by atoms with Gasteiger partial charge in [-0.2, -0.15) is 0 Å². The molecule has 0 amide bonds. The fraction of sp³-hybridized carbons (Fsp3) is 0.889. The van der Waals surface area contributed by atoms with E-state index in [4.69, 9.17) is 9.47 Å². The summed E-state index contributed by atoms with van der Waals surface area (Å²) < 4.78 is 10.4. The van der Waals surface area contributed by atoms with E-state index < -0.39 is 0 Å². The predicted octanol–water partition coefficient (Wildman–Crippen LogP) is 4.65. The fourth-order valence-electron chi connectivity index (χ4n) is 2.07. The highest BCUT2D eigenvalue weighted by molar-refractivity contribution is 5.72. The zero-order valence-electron chi connectivity index (χ0n) is 14.9. The topological polar surface area (TPSA) is 52.6 Å². The maximum absolute atomic E-state index is 11.6. The molecular weight excluding hydrogens is 280 g/mol. The molecule has 0 aliphatic heterocycles. The van der Waals surface area contributed by atoms with Crippen molar-refractivity contribution in [2.45, 2.75) is 91.6 Å². The van der Waals surface area contributed by atoms with Gasteiger partial charge in [-0.3, -0.25) is 9.59 Å². The third-order valence-electron chi connectivity index (χ3n) is 3.51. The number of carbonyl (C=O) groups is 2. The lowest BCUT2D eigenvalue weighted by Crippen LogP contribution is -2.16. The van der Waals surface area contributed by atoms with Crippen LogP contribution in [0.25, 0.3) is 0 Å². The van der Waals surface area contributed by atoms with Gasteiger partial charge in [0.25, 0.3) is 0 Å². The Bertz CT molecular complexity index is 299. The third-order valence-corrected chi connectivity index (χ3v) is 3.51. The Balaban J connectivity index is 3.55. The van der Waals surface area contributed by atoms with Crippen molar-refractivity contribution in [1.82, 2.24) is 0 Å². The van der Waals surface area contributed by atoms with E-state index in [2.05, 4.69) is 20.8 Å². The lowest BCUT2D eigenvalue weighted by molar-refractivity contribution is -0.149. The first-order valence-electron chi connectivity index (χ1n) is 8.80. The second-order valence-electron chi connectivity index (χ2n) is 6.41. The van der Waals surface area contributed by atoms with Crippen LogP contribution in [0.3, 0.4) is 0 Å². The van der Waals surface area contributed by atoms with E-state index >= 15 is 0 Å². The highest BCUT2D eigenvalue weighted by Crippen LogP contribution is 2.10. The molecule has 0 radical (unpaired) electrons. The third kappa shape index (κ3) is 13.9. The number of rotatable bonds is 13. The molecule has 0 fully saturated rings. The molecule has 0 saturated carbocycles. The Kier molecular flexibility index (Phi) is 12.9. The van der Waals surface area contributed by atoms with Gasteiger partial charge in [-0.25, -0.2) is 0 Å². The smallest absolute Gasteiger partial charge is 0.306 e. The SMILES string of the molecule is CCCCCCOC(=O)CCCC(=O)OC(C)CCC(C)C. The zero-order valence-corrected chi connectivity index (χ0v) is 14.9. The van der Waals surface area contributed by atoms with Crippen LogP contribution in [0, 0.1) is 5.92 Å². The molecule has 0 aliphatic rings. The zero-order chi connectivity index (χ0) is 16.8. The van der Waals surface area contributed by atoms with Crippen LogP contribution in [0.5, 0.6) is 0 Å². The molecule has 1 atom stereocenters. The highest BCUT2D eigenvalue weighted by atomic mass is 16.5. The molecule has 0 bridgehead atoms. The first-order chi connectivity index (χ1) is 10.5. The quantitative estimate of drug-likeness (QED) is 0.367. The minimum Gasteiger partial charge on any atom is -0.466 e. The van der Waals surface area contributed by atoms with Gasteiger partial charge in [0, 0.05) is 12.8 Å². The summed E-state index contributed by atoms with van der Waals surface area (Å²) in [5.41, 5.74) is 0. The number of esters is 2. The van der Waals surface area contributed by atoms with Crippen molar-refractivity contribution >= 4 is 11.9 Å². The van der Waals surface area contributed by atoms with Crippen LogP contribution in [0.1, 0.15) is 85.5 Å². The van der Waals surface area contributed by atoms with E-state index in [1.165, 1.54) is 12.8 Å². The molecule has 0 aromatic carbocycles. The van der Waals surface area contributed by atoms with Crippen LogP contribution in [0.15, 0.2) is 0 Å². The fourth-order valence-corrected chi connectivity index (χ4v) is 2.07. The van der Waals surface area contributed by atoms with Crippen molar-refractivity contribution in [2.24, 2.45) is 5.92 Å². The molecule has 0 N–H and O–H groups in total. The molecule has 4 nitrogen and oxygen atoms in total. The van der Waals surface area contributed by atoms with E-state index in [1.807, 2.05) is 6.92 Å². The van der Waals surface area contributed by atoms with Crippen LogP contribution in [-0.4, -0.2) is 24.6 Å². The average molecular weight is 314 g/mol. The largest absolute Gasteiger partial charge is 0.466 e. The lowest BCUT2D eigenvalue weighted by Gasteiger charge is -2.14. The van der Waals surface area contributed by atoms with E-state index in [1.54, 1.807) is 0 Å². The highest BCUT2D eigenvalue weighted by Gasteiger charge is 2.11. The standard InChI is InChI=1S/C18H34O4/c1-5-6-7-8-14-21-17(19)10-9-11-18(20)22-16(4)13-12-15(2)3/h15-16H,5-14H2,1-4H3. The Hall–Kier alpha value is -1.06. The van der Waals surface area contributed by atoms with Gasteiger partial charge in [-0.05, 0) is 38.5 Å². The van der Waals surface area contributed by atoms with Crippen molar-refractivity contribution in [3.8, 4) is 0 Å². The van der Waals surface area contributed by atoms with E-state index in [0.29, 0.717) is 25.4 Å². The van der Waals surface area contributed by atoms with Crippen LogP contribution >= 0.6 is 0 Å². The molecule has 0 spiro atoms. The van der Waals surface area contributed by atoms with E-state index in [9.17, 15) is 9.59 Å². The van der Waals surface area contributed by atoms with Gasteiger partial charge in [0.2, 0.25) is 0 Å². The number of ether oxygens (including phenoxy) is 2. The maximum Gasteiger partial charge on any atom is 0.306 e. The minimum atomic E-state index is -0.216. The Labute approximate surface area is 135 Å². The molecule has 130 valence electrons. The molecular formula is C18H34O4. The van der Waals surface area contributed by atoms with Gasteiger partial charge in [0.05, 0.1) is 12.7 Å². The molecule has 0 saturated heterocycles. The van der Waals surface area contributed by atoms with Gasteiger partial charge >= 0.3 is 11.9 Å². The molecule has 22 heavy (non-hydrogen) atoms. The van der Waals surface area contributed by atoms with Gasteiger partial charge in [0.1, 0.15) is 0 Å². The molecule has 0 aromatic rings. The molecule has 1 unspecified atom stereocenters. The summed E-state index contributed by atoms with van der Waals surface area (Å²) in [6, 6.07) is 0. The summed E-state index contributed by atoms with van der Waals surface area (Å²) in [6.45, 7) is 8.87. The van der Waals surface area contributed by atoms with Crippen molar-refractivity contribution in [3.63, 3.8) is 0 Å². The van der Waals surface area contributed by atoms with Gasteiger partial charge in [-0.15, -0.1) is 0 Å². The van der Waals surface area contributed by atoms with E-state index in [-0.39, 0.29) is 24.5 Å². The summed E-state index contributed by atoms with van der Waals surface area (Å²) >= 11 is 0. The molecule has 0 aromatic heterocycles. The summed E-state index contributed by atoms with van der Waals surface area (Å²) in [6.07, 6.45) is 7.37. The normalized spacial score (nSPS) is 12.2. The van der Waals surface area contributed by atoms with E-state index in [0.717, 1.165) is 25.7 Å². The second-order valence-corrected chi connectivity index (χ2v) is 6.41. The average Bonchev–Trinajstić information content (AvgIpc) is 2.45. The summed E-state index contributed by atoms with van der Waals surface area (Å²) in [5.74, 6) is 0.192. The first-order valence-corrected chi connectivity index (χ1v) is 8.80. The molecule has 0 heterocycles. The summed E-state index contributed by atoms with van der Waals surface area (Å²) in [4.78, 5) is 23.1. The Morgan fingerprint density at radius 3 is 2.18 bits per heavy atom. The predicted molar refractivity (Wildman–Crippen MR) is 88.6 cm³/mol. The van der Waals surface area contributed by atoms with Gasteiger partial charge in [0.15, 0.2) is 0 Å². The summed E-state index contributed by atoms with van der Waals surface area (Å²) in [7, 11) is 0. The van der Waals surface area contributed by atoms with Gasteiger partial charge in [-0.1, -0.05) is 40.0 Å². The molecule has 0 aliphatic carbocycles. The van der Waals surface area contributed by atoms with Crippen LogP contribution in [-0.2, 0) is 19.1 Å². The maximum atomic E-state index is 11.6.